The molecule has 0 bridgehead atoms. The van der Waals surface area contributed by atoms with Crippen LogP contribution in [-0.4, -0.2) is 56.9 Å². The summed E-state index contributed by atoms with van der Waals surface area (Å²) in [5, 5.41) is 17.2. The van der Waals surface area contributed by atoms with Gasteiger partial charge in [0.2, 0.25) is 5.91 Å². The van der Waals surface area contributed by atoms with Gasteiger partial charge in [-0.1, -0.05) is 35.3 Å². The van der Waals surface area contributed by atoms with Crippen molar-refractivity contribution in [1.82, 2.24) is 24.9 Å². The Morgan fingerprint density at radius 3 is 2.51 bits per heavy atom. The van der Waals surface area contributed by atoms with E-state index in [0.29, 0.717) is 39.5 Å². The van der Waals surface area contributed by atoms with Crippen LogP contribution in [0.5, 0.6) is 0 Å². The summed E-state index contributed by atoms with van der Waals surface area (Å²) in [7, 11) is 1.55. The van der Waals surface area contributed by atoms with Crippen molar-refractivity contribution in [2.24, 2.45) is 0 Å². The van der Waals surface area contributed by atoms with E-state index in [1.54, 1.807) is 41.1 Å². The number of carbonyl (C=O) groups is 3. The molecule has 3 aromatic rings. The van der Waals surface area contributed by atoms with E-state index in [1.165, 1.54) is 10.7 Å². The van der Waals surface area contributed by atoms with Crippen LogP contribution < -0.4 is 5.32 Å². The summed E-state index contributed by atoms with van der Waals surface area (Å²) in [5.41, 5.74) is 3.40. The Labute approximate surface area is 235 Å². The van der Waals surface area contributed by atoms with Gasteiger partial charge < -0.3 is 15.1 Å². The largest absolute Gasteiger partial charge is 0.357 e. The maximum atomic E-state index is 14.0. The summed E-state index contributed by atoms with van der Waals surface area (Å²) in [6.45, 7) is 4.11. The van der Waals surface area contributed by atoms with Gasteiger partial charge >= 0.3 is 0 Å². The van der Waals surface area contributed by atoms with Crippen molar-refractivity contribution in [3.63, 3.8) is 0 Å². The SMILES string of the molecule is CNC(=O)[C@@H]1CN([C@@H](C)c2ccc(C#N)cc2)C(=O)c2c3c(nn21)C[C@@H](C)N(C(=O)c1ccc(Cl)c(Cl)c1)C3. The van der Waals surface area contributed by atoms with E-state index in [1.807, 2.05) is 26.0 Å². The summed E-state index contributed by atoms with van der Waals surface area (Å²) < 4.78 is 1.52. The van der Waals surface area contributed by atoms with Gasteiger partial charge in [-0.05, 0) is 49.7 Å². The van der Waals surface area contributed by atoms with Crippen molar-refractivity contribution in [2.45, 2.75) is 44.9 Å². The molecule has 0 unspecified atom stereocenters. The molecule has 1 N–H and O–H groups in total. The van der Waals surface area contributed by atoms with Crippen LogP contribution in [0.1, 0.15) is 69.2 Å². The first-order valence-electron chi connectivity index (χ1n) is 12.5. The third kappa shape index (κ3) is 4.64. The first-order chi connectivity index (χ1) is 18.6. The number of nitriles is 1. The van der Waals surface area contributed by atoms with Crippen LogP contribution in [0.2, 0.25) is 10.0 Å². The number of halogens is 2. The number of carbonyl (C=O) groups excluding carboxylic acids is 3. The van der Waals surface area contributed by atoms with E-state index >= 15 is 0 Å². The number of fused-ring (bicyclic) bond motifs is 3. The van der Waals surface area contributed by atoms with E-state index in [9.17, 15) is 14.4 Å². The first kappa shape index (κ1) is 26.7. The molecule has 3 heterocycles. The van der Waals surface area contributed by atoms with Crippen LogP contribution >= 0.6 is 23.2 Å². The van der Waals surface area contributed by atoms with Crippen LogP contribution in [0.4, 0.5) is 0 Å². The molecule has 0 saturated carbocycles. The van der Waals surface area contributed by atoms with Crippen molar-refractivity contribution < 1.29 is 14.4 Å². The fourth-order valence-electron chi connectivity index (χ4n) is 5.27. The molecular weight excluding hydrogens is 539 g/mol. The Bertz CT molecular complexity index is 1530. The Balaban J connectivity index is 1.53. The van der Waals surface area contributed by atoms with Gasteiger partial charge in [-0.15, -0.1) is 0 Å². The number of rotatable bonds is 4. The van der Waals surface area contributed by atoms with Crippen LogP contribution in [0.3, 0.4) is 0 Å². The lowest BCUT2D eigenvalue weighted by atomic mass is 9.96. The number of hydrogen-bond acceptors (Lipinski definition) is 5. The molecule has 9 nitrogen and oxygen atoms in total. The molecule has 11 heteroatoms. The molecule has 0 spiro atoms. The predicted octanol–water partition coefficient (Wildman–Crippen LogP) is 4.15. The number of nitrogens with zero attached hydrogens (tertiary/aromatic N) is 5. The maximum absolute atomic E-state index is 14.0. The van der Waals surface area contributed by atoms with Crippen LogP contribution in [-0.2, 0) is 17.8 Å². The molecule has 0 saturated heterocycles. The van der Waals surface area contributed by atoms with Gasteiger partial charge in [0.05, 0.1) is 46.5 Å². The van der Waals surface area contributed by atoms with Gasteiger partial charge in [-0.25, -0.2) is 4.68 Å². The minimum Gasteiger partial charge on any atom is -0.357 e. The van der Waals surface area contributed by atoms with Gasteiger partial charge in [0, 0.05) is 30.6 Å². The molecule has 0 radical (unpaired) electrons. The second kappa shape index (κ2) is 10.4. The van der Waals surface area contributed by atoms with Gasteiger partial charge in [-0.2, -0.15) is 10.4 Å². The van der Waals surface area contributed by atoms with E-state index < -0.39 is 6.04 Å². The highest BCUT2D eigenvalue weighted by Gasteiger charge is 2.43. The molecule has 2 aliphatic rings. The fourth-order valence-corrected chi connectivity index (χ4v) is 5.57. The van der Waals surface area contributed by atoms with Crippen molar-refractivity contribution in [3.05, 3.63) is 86.2 Å². The molecule has 0 aliphatic carbocycles. The molecule has 3 atom stereocenters. The molecule has 0 fully saturated rings. The lowest BCUT2D eigenvalue weighted by molar-refractivity contribution is -0.125. The van der Waals surface area contributed by atoms with Gasteiger partial charge in [0.15, 0.2) is 0 Å². The lowest BCUT2D eigenvalue weighted by Gasteiger charge is -2.38. The highest BCUT2D eigenvalue weighted by Crippen LogP contribution is 2.36. The van der Waals surface area contributed by atoms with Crippen molar-refractivity contribution in [3.8, 4) is 6.07 Å². The van der Waals surface area contributed by atoms with Crippen molar-refractivity contribution in [1.29, 1.82) is 5.26 Å². The quantitative estimate of drug-likeness (QED) is 0.511. The van der Waals surface area contributed by atoms with E-state index in [-0.39, 0.29) is 47.9 Å². The standard InChI is InChI=1S/C28H26Cl2N6O3/c1-15-10-23-20(13-34(15)27(38)19-8-9-21(29)22(30)11-19)25-28(39)35(14-24(26(37)32-3)36(25)33-23)16(2)18-6-4-17(12-31)5-7-18/h4-9,11,15-16,24H,10,13-14H2,1-3H3,(H,32,37)/t15-,16+,24+/m1/s1. The number of aromatic nitrogens is 2. The van der Waals surface area contributed by atoms with Crippen LogP contribution in [0.25, 0.3) is 0 Å². The highest BCUT2D eigenvalue weighted by atomic mass is 35.5. The summed E-state index contributed by atoms with van der Waals surface area (Å²) in [4.78, 5) is 43.8. The normalized spacial score (nSPS) is 19.1. The second-order valence-corrected chi connectivity index (χ2v) is 10.6. The van der Waals surface area contributed by atoms with Crippen LogP contribution in [0.15, 0.2) is 42.5 Å². The zero-order valence-electron chi connectivity index (χ0n) is 21.6. The monoisotopic (exact) mass is 564 g/mol. The Kier molecular flexibility index (Phi) is 7.10. The zero-order chi connectivity index (χ0) is 28.0. The van der Waals surface area contributed by atoms with E-state index in [4.69, 9.17) is 33.6 Å². The second-order valence-electron chi connectivity index (χ2n) is 9.83. The molecule has 1 aromatic heterocycles. The van der Waals surface area contributed by atoms with Crippen molar-refractivity contribution >= 4 is 40.9 Å². The summed E-state index contributed by atoms with van der Waals surface area (Å²) >= 11 is 12.2. The molecular formula is C28H26Cl2N6O3. The first-order valence-corrected chi connectivity index (χ1v) is 13.3. The highest BCUT2D eigenvalue weighted by molar-refractivity contribution is 6.42. The smallest absolute Gasteiger partial charge is 0.273 e. The average Bonchev–Trinajstić information content (AvgIpc) is 3.31. The molecule has 200 valence electrons. The topological polar surface area (TPSA) is 111 Å². The number of hydrogen-bond donors (Lipinski definition) is 1. The predicted molar refractivity (Wildman–Crippen MR) is 145 cm³/mol. The van der Waals surface area contributed by atoms with E-state index in [0.717, 1.165) is 5.56 Å². The van der Waals surface area contributed by atoms with E-state index in [2.05, 4.69) is 11.4 Å². The minimum atomic E-state index is -0.733. The van der Waals surface area contributed by atoms with Gasteiger partial charge in [0.25, 0.3) is 11.8 Å². The lowest BCUT2D eigenvalue weighted by Crippen LogP contribution is -2.49. The Morgan fingerprint density at radius 2 is 1.87 bits per heavy atom. The Morgan fingerprint density at radius 1 is 1.15 bits per heavy atom. The maximum Gasteiger partial charge on any atom is 0.273 e. The molecule has 39 heavy (non-hydrogen) atoms. The molecule has 3 amide bonds. The number of amides is 3. The average molecular weight is 565 g/mol. The van der Waals surface area contributed by atoms with Gasteiger partial charge in [-0.3, -0.25) is 14.4 Å². The number of nitrogens with one attached hydrogen (secondary N) is 1. The Hall–Kier alpha value is -3.87. The summed E-state index contributed by atoms with van der Waals surface area (Å²) in [6, 6.07) is 12.6. The zero-order valence-corrected chi connectivity index (χ0v) is 23.1. The fraction of sp³-hybridized carbons (Fsp3) is 0.321. The van der Waals surface area contributed by atoms with Gasteiger partial charge in [0.1, 0.15) is 11.7 Å². The third-order valence-corrected chi connectivity index (χ3v) is 8.27. The number of likely N-dealkylation sites (N-methyl/N-ethyl adjacent to an activating group) is 1. The third-order valence-electron chi connectivity index (χ3n) is 7.54. The van der Waals surface area contributed by atoms with Crippen molar-refractivity contribution in [2.75, 3.05) is 13.6 Å². The molecule has 2 aromatic carbocycles. The summed E-state index contributed by atoms with van der Waals surface area (Å²) in [6.07, 6.45) is 0.432. The number of benzene rings is 2. The summed E-state index contributed by atoms with van der Waals surface area (Å²) in [5.74, 6) is -0.768. The molecule has 5 rings (SSSR count). The minimum absolute atomic E-state index is 0.134. The van der Waals surface area contributed by atoms with Crippen LogP contribution in [0, 0.1) is 11.3 Å². The molecule has 2 aliphatic heterocycles.